The van der Waals surface area contributed by atoms with Crippen molar-refractivity contribution in [1.29, 1.82) is 5.26 Å². The molecule has 0 unspecified atom stereocenters. The molecule has 14 aromatic rings. The standard InChI is InChI=1S/C71H52BN7/c1-45-37-46(2)71(47(3)38-45)72(49-19-17-20-51(40-49)76-44-75(4)64-31-15-16-32-65(64)76)50-35-36-57-56-25-9-14-30-63(56)79(68(57)41-50)69-39-48(42-73)58(43-74-69)70-66(77-59-26-10-5-21-52(59)53-22-6-11-27-60(53)77)33-18-34-67(70)78-61-28-12-7-23-54(61)55-24-8-13-29-62(55)78/h5-41,43H,44H2,1-4H3. The van der Waals surface area contributed by atoms with Crippen LogP contribution in [0.15, 0.2) is 231 Å². The molecule has 5 heterocycles. The van der Waals surface area contributed by atoms with Gasteiger partial charge in [0, 0.05) is 62.4 Å². The molecule has 15 rings (SSSR count). The lowest BCUT2D eigenvalue weighted by molar-refractivity contribution is 0.950. The topological polar surface area (TPSA) is 58.0 Å². The van der Waals surface area contributed by atoms with Gasteiger partial charge in [0.2, 0.25) is 6.71 Å². The van der Waals surface area contributed by atoms with Gasteiger partial charge in [0.15, 0.2) is 0 Å². The van der Waals surface area contributed by atoms with Gasteiger partial charge in [0.05, 0.1) is 74.2 Å². The van der Waals surface area contributed by atoms with E-state index in [4.69, 9.17) is 4.98 Å². The first kappa shape index (κ1) is 46.2. The van der Waals surface area contributed by atoms with E-state index in [2.05, 4.69) is 276 Å². The highest BCUT2D eigenvalue weighted by atomic mass is 15.4. The summed E-state index contributed by atoms with van der Waals surface area (Å²) >= 11 is 0. The summed E-state index contributed by atoms with van der Waals surface area (Å²) in [7, 11) is 2.16. The third-order valence-corrected chi connectivity index (χ3v) is 16.7. The first-order valence-electron chi connectivity index (χ1n) is 27.1. The smallest absolute Gasteiger partial charge is 0.242 e. The number of rotatable bonds is 8. The fourth-order valence-electron chi connectivity index (χ4n) is 13.5. The molecule has 4 aromatic heterocycles. The largest absolute Gasteiger partial charge is 0.355 e. The molecule has 374 valence electrons. The second kappa shape index (κ2) is 18.0. The zero-order valence-corrected chi connectivity index (χ0v) is 44.4. The summed E-state index contributed by atoms with van der Waals surface area (Å²) in [6.07, 6.45) is 1.95. The van der Waals surface area contributed by atoms with Gasteiger partial charge in [-0.05, 0) is 99.6 Å². The van der Waals surface area contributed by atoms with Crippen molar-refractivity contribution in [1.82, 2.24) is 18.7 Å². The van der Waals surface area contributed by atoms with Gasteiger partial charge in [-0.2, -0.15) is 5.26 Å². The van der Waals surface area contributed by atoms with Crippen LogP contribution in [0.1, 0.15) is 22.3 Å². The van der Waals surface area contributed by atoms with Gasteiger partial charge in [-0.25, -0.2) is 4.98 Å². The van der Waals surface area contributed by atoms with E-state index in [1.165, 1.54) is 66.0 Å². The number of anilines is 3. The highest BCUT2D eigenvalue weighted by Gasteiger charge is 2.31. The lowest BCUT2D eigenvalue weighted by atomic mass is 9.35. The maximum atomic E-state index is 11.7. The second-order valence-corrected chi connectivity index (χ2v) is 21.3. The zero-order chi connectivity index (χ0) is 53.0. The molecule has 8 heteroatoms. The Labute approximate surface area is 458 Å². The van der Waals surface area contributed by atoms with Crippen LogP contribution in [0.3, 0.4) is 0 Å². The Hall–Kier alpha value is -10.1. The van der Waals surface area contributed by atoms with E-state index in [1.807, 2.05) is 12.3 Å². The van der Waals surface area contributed by atoms with E-state index >= 15 is 0 Å². The number of pyridine rings is 1. The Morgan fingerprint density at radius 1 is 0.443 bits per heavy atom. The van der Waals surface area contributed by atoms with Gasteiger partial charge >= 0.3 is 0 Å². The van der Waals surface area contributed by atoms with Crippen molar-refractivity contribution in [2.24, 2.45) is 0 Å². The molecule has 0 fully saturated rings. The molecule has 0 spiro atoms. The molecule has 79 heavy (non-hydrogen) atoms. The lowest BCUT2D eigenvalue weighted by Gasteiger charge is -2.24. The average Bonchev–Trinajstić information content (AvgIpc) is 4.42. The molecule has 7 nitrogen and oxygen atoms in total. The third kappa shape index (κ3) is 7.09. The van der Waals surface area contributed by atoms with Crippen molar-refractivity contribution in [3.8, 4) is 34.4 Å². The number of hydrogen-bond donors (Lipinski definition) is 0. The zero-order valence-electron chi connectivity index (χ0n) is 44.4. The van der Waals surface area contributed by atoms with Gasteiger partial charge in [0.25, 0.3) is 0 Å². The van der Waals surface area contributed by atoms with Crippen molar-refractivity contribution in [3.05, 3.63) is 253 Å². The first-order chi connectivity index (χ1) is 38.8. The number of hydrogen-bond acceptors (Lipinski definition) is 4. The second-order valence-electron chi connectivity index (χ2n) is 21.3. The molecule has 10 aromatic carbocycles. The molecule has 0 amide bonds. The summed E-state index contributed by atoms with van der Waals surface area (Å²) in [6, 6.07) is 83.8. The number of para-hydroxylation sites is 7. The lowest BCUT2D eigenvalue weighted by Crippen LogP contribution is -2.54. The van der Waals surface area contributed by atoms with Gasteiger partial charge in [-0.3, -0.25) is 4.57 Å². The van der Waals surface area contributed by atoms with Crippen LogP contribution in [-0.2, 0) is 0 Å². The van der Waals surface area contributed by atoms with E-state index in [0.717, 1.165) is 78.7 Å². The maximum Gasteiger partial charge on any atom is 0.242 e. The van der Waals surface area contributed by atoms with E-state index in [9.17, 15) is 5.26 Å². The molecular weight excluding hydrogens is 962 g/mol. The number of fused-ring (bicyclic) bond motifs is 10. The molecule has 0 bridgehead atoms. The predicted octanol–water partition coefficient (Wildman–Crippen LogP) is 14.9. The summed E-state index contributed by atoms with van der Waals surface area (Å²) in [6.45, 7) is 7.38. The van der Waals surface area contributed by atoms with E-state index in [0.29, 0.717) is 11.4 Å². The molecule has 0 saturated heterocycles. The highest BCUT2D eigenvalue weighted by Crippen LogP contribution is 2.44. The number of nitrogens with zero attached hydrogens (tertiary/aromatic N) is 7. The molecule has 0 atom stereocenters. The Balaban J connectivity index is 0.958. The summed E-state index contributed by atoms with van der Waals surface area (Å²) in [5.41, 5.74) is 21.6. The molecule has 0 saturated carbocycles. The fourth-order valence-corrected chi connectivity index (χ4v) is 13.5. The summed E-state index contributed by atoms with van der Waals surface area (Å²) in [5, 5.41) is 18.6. The van der Waals surface area contributed by atoms with Crippen molar-refractivity contribution in [2.75, 3.05) is 23.5 Å². The van der Waals surface area contributed by atoms with Crippen LogP contribution in [0.25, 0.3) is 93.7 Å². The van der Waals surface area contributed by atoms with Crippen LogP contribution in [0.5, 0.6) is 0 Å². The molecule has 0 radical (unpaired) electrons. The Bertz CT molecular complexity index is 4610. The van der Waals surface area contributed by atoms with Gasteiger partial charge in [0.1, 0.15) is 5.82 Å². The van der Waals surface area contributed by atoms with Crippen LogP contribution in [0.2, 0.25) is 0 Å². The van der Waals surface area contributed by atoms with Crippen LogP contribution in [0, 0.1) is 32.1 Å². The molecular formula is C71H52BN7. The normalized spacial score (nSPS) is 12.4. The first-order valence-corrected chi connectivity index (χ1v) is 27.1. The molecule has 0 N–H and O–H groups in total. The van der Waals surface area contributed by atoms with Crippen molar-refractivity contribution in [3.63, 3.8) is 0 Å². The summed E-state index contributed by atoms with van der Waals surface area (Å²) in [5.74, 6) is 0.675. The van der Waals surface area contributed by atoms with Gasteiger partial charge in [-0.15, -0.1) is 0 Å². The minimum absolute atomic E-state index is 0.0892. The van der Waals surface area contributed by atoms with E-state index in [1.54, 1.807) is 0 Å². The van der Waals surface area contributed by atoms with E-state index in [-0.39, 0.29) is 6.71 Å². The Morgan fingerprint density at radius 2 is 0.911 bits per heavy atom. The minimum Gasteiger partial charge on any atom is -0.355 e. The van der Waals surface area contributed by atoms with Crippen LogP contribution < -0.4 is 26.2 Å². The van der Waals surface area contributed by atoms with Crippen LogP contribution >= 0.6 is 0 Å². The maximum absolute atomic E-state index is 11.7. The van der Waals surface area contributed by atoms with Crippen molar-refractivity contribution < 1.29 is 0 Å². The fraction of sp³-hybridized carbons (Fsp3) is 0.0704. The molecule has 0 aliphatic carbocycles. The SMILES string of the molecule is Cc1cc(C)c(B(c2cccc(N3CN(C)c4ccccc43)c2)c2ccc3c4ccccc4n(-c4cc(C#N)c(-c5c(-n6c7ccccc7c7ccccc76)cccc5-n5c6ccccc6c6ccccc65)cn4)c3c2)c(C)c1. The van der Waals surface area contributed by atoms with Crippen molar-refractivity contribution in [2.45, 2.75) is 20.8 Å². The van der Waals surface area contributed by atoms with E-state index < -0.39 is 0 Å². The average molecular weight is 1010 g/mol. The predicted molar refractivity (Wildman–Crippen MR) is 331 cm³/mol. The number of nitriles is 1. The number of aryl methyl sites for hydroxylation is 3. The molecule has 1 aliphatic heterocycles. The quantitative estimate of drug-likeness (QED) is 0.142. The van der Waals surface area contributed by atoms with Crippen LogP contribution in [-0.4, -0.2) is 39.1 Å². The number of benzene rings is 10. The van der Waals surface area contributed by atoms with Crippen molar-refractivity contribution >= 4 is 106 Å². The number of aromatic nitrogens is 4. The highest BCUT2D eigenvalue weighted by molar-refractivity contribution is 6.96. The Morgan fingerprint density at radius 3 is 1.47 bits per heavy atom. The minimum atomic E-state index is -0.0892. The summed E-state index contributed by atoms with van der Waals surface area (Å²) in [4.78, 5) is 10.2. The Kier molecular flexibility index (Phi) is 10.5. The third-order valence-electron chi connectivity index (χ3n) is 16.7. The van der Waals surface area contributed by atoms with Gasteiger partial charge < -0.3 is 18.9 Å². The van der Waals surface area contributed by atoms with Crippen LogP contribution in [0.4, 0.5) is 17.1 Å². The summed E-state index contributed by atoms with van der Waals surface area (Å²) < 4.78 is 7.00. The monoisotopic (exact) mass is 1010 g/mol. The van der Waals surface area contributed by atoms with Gasteiger partial charge in [-0.1, -0.05) is 179 Å². The molecule has 1 aliphatic rings.